The third-order valence-corrected chi connectivity index (χ3v) is 4.35. The van der Waals surface area contributed by atoms with Gasteiger partial charge in [0.05, 0.1) is 18.4 Å². The smallest absolute Gasteiger partial charge is 0.337 e. The van der Waals surface area contributed by atoms with Gasteiger partial charge >= 0.3 is 5.97 Å². The Kier molecular flexibility index (Phi) is 5.11. The van der Waals surface area contributed by atoms with Crippen molar-refractivity contribution in [3.05, 3.63) is 65.5 Å². The lowest BCUT2D eigenvalue weighted by atomic mass is 10.1. The van der Waals surface area contributed by atoms with Crippen LogP contribution in [0.2, 0.25) is 0 Å². The van der Waals surface area contributed by atoms with E-state index in [1.165, 1.54) is 13.2 Å². The molecule has 0 aliphatic carbocycles. The zero-order valence-corrected chi connectivity index (χ0v) is 13.7. The summed E-state index contributed by atoms with van der Waals surface area (Å²) in [7, 11) is 1.38. The van der Waals surface area contributed by atoms with E-state index in [0.29, 0.717) is 11.3 Å². The topological polar surface area (TPSA) is 32.8 Å². The molecule has 1 fully saturated rings. The van der Waals surface area contributed by atoms with Crippen LogP contribution in [0, 0.1) is 5.82 Å². The SMILES string of the molecule is COC(=O)c1ccc(CN2CCN(c3ccccc3F)CC2)cc1. The van der Waals surface area contributed by atoms with Crippen LogP contribution >= 0.6 is 0 Å². The van der Waals surface area contributed by atoms with Gasteiger partial charge in [0.15, 0.2) is 0 Å². The number of carbonyl (C=O) groups excluding carboxylic acids is 1. The van der Waals surface area contributed by atoms with Crippen molar-refractivity contribution in [2.24, 2.45) is 0 Å². The molecule has 1 saturated heterocycles. The number of benzene rings is 2. The molecule has 0 spiro atoms. The molecule has 2 aromatic rings. The largest absolute Gasteiger partial charge is 0.465 e. The summed E-state index contributed by atoms with van der Waals surface area (Å²) in [5, 5.41) is 0. The second-order valence-corrected chi connectivity index (χ2v) is 5.90. The van der Waals surface area contributed by atoms with Crippen molar-refractivity contribution in [1.82, 2.24) is 4.90 Å². The molecule has 2 aromatic carbocycles. The van der Waals surface area contributed by atoms with E-state index in [0.717, 1.165) is 38.3 Å². The molecule has 0 unspecified atom stereocenters. The minimum atomic E-state index is -0.319. The predicted octanol–water partition coefficient (Wildman–Crippen LogP) is 2.93. The Balaban J connectivity index is 1.56. The molecule has 126 valence electrons. The van der Waals surface area contributed by atoms with Crippen molar-refractivity contribution in [3.8, 4) is 0 Å². The lowest BCUT2D eigenvalue weighted by Crippen LogP contribution is -2.46. The van der Waals surface area contributed by atoms with Gasteiger partial charge in [-0.15, -0.1) is 0 Å². The van der Waals surface area contributed by atoms with Crippen LogP contribution in [0.15, 0.2) is 48.5 Å². The van der Waals surface area contributed by atoms with Crippen LogP contribution in [0.5, 0.6) is 0 Å². The van der Waals surface area contributed by atoms with Crippen LogP contribution < -0.4 is 4.90 Å². The number of nitrogens with zero attached hydrogens (tertiary/aromatic N) is 2. The van der Waals surface area contributed by atoms with E-state index in [1.54, 1.807) is 18.2 Å². The van der Waals surface area contributed by atoms with Crippen molar-refractivity contribution in [3.63, 3.8) is 0 Å². The highest BCUT2D eigenvalue weighted by Gasteiger charge is 2.19. The molecule has 0 radical (unpaired) electrons. The molecule has 0 aromatic heterocycles. The molecule has 1 aliphatic rings. The summed E-state index contributed by atoms with van der Waals surface area (Å²) in [6.45, 7) is 4.20. The van der Waals surface area contributed by atoms with Gasteiger partial charge in [-0.05, 0) is 29.8 Å². The Morgan fingerprint density at radius 3 is 2.33 bits per heavy atom. The number of halogens is 1. The third kappa shape index (κ3) is 3.74. The Labute approximate surface area is 141 Å². The molecular formula is C19H21FN2O2. The highest BCUT2D eigenvalue weighted by Crippen LogP contribution is 2.20. The maximum absolute atomic E-state index is 13.9. The Bertz CT molecular complexity index is 695. The summed E-state index contributed by atoms with van der Waals surface area (Å²) < 4.78 is 18.6. The van der Waals surface area contributed by atoms with Gasteiger partial charge in [0.25, 0.3) is 0 Å². The zero-order valence-electron chi connectivity index (χ0n) is 13.7. The molecule has 0 amide bonds. The summed E-state index contributed by atoms with van der Waals surface area (Å²) in [5.41, 5.74) is 2.40. The first-order valence-corrected chi connectivity index (χ1v) is 8.06. The lowest BCUT2D eigenvalue weighted by molar-refractivity contribution is 0.0600. The van der Waals surface area contributed by atoms with Crippen molar-refractivity contribution >= 4 is 11.7 Å². The molecule has 0 N–H and O–H groups in total. The lowest BCUT2D eigenvalue weighted by Gasteiger charge is -2.36. The van der Waals surface area contributed by atoms with E-state index in [9.17, 15) is 9.18 Å². The second kappa shape index (κ2) is 7.45. The number of rotatable bonds is 4. The molecule has 1 aliphatic heterocycles. The first-order chi connectivity index (χ1) is 11.7. The standard InChI is InChI=1S/C19H21FN2O2/c1-24-19(23)16-8-6-15(7-9-16)14-21-10-12-22(13-11-21)18-5-3-2-4-17(18)20/h2-9H,10-14H2,1H3. The average Bonchev–Trinajstić information content (AvgIpc) is 2.63. The zero-order chi connectivity index (χ0) is 16.9. The summed E-state index contributed by atoms with van der Waals surface area (Å²) in [4.78, 5) is 15.9. The molecule has 24 heavy (non-hydrogen) atoms. The summed E-state index contributed by atoms with van der Waals surface area (Å²) in [6.07, 6.45) is 0. The number of carbonyl (C=O) groups is 1. The number of methoxy groups -OCH3 is 1. The van der Waals surface area contributed by atoms with Gasteiger partial charge < -0.3 is 9.64 Å². The van der Waals surface area contributed by atoms with Crippen molar-refractivity contribution in [2.75, 3.05) is 38.2 Å². The van der Waals surface area contributed by atoms with Crippen LogP contribution in [-0.2, 0) is 11.3 Å². The van der Waals surface area contributed by atoms with E-state index in [4.69, 9.17) is 4.74 Å². The van der Waals surface area contributed by atoms with Gasteiger partial charge in [0.1, 0.15) is 5.82 Å². The van der Waals surface area contributed by atoms with Crippen molar-refractivity contribution in [2.45, 2.75) is 6.54 Å². The molecule has 3 rings (SSSR count). The van der Waals surface area contributed by atoms with Gasteiger partial charge in [-0.2, -0.15) is 0 Å². The number of anilines is 1. The van der Waals surface area contributed by atoms with E-state index in [1.807, 2.05) is 24.3 Å². The fraction of sp³-hybridized carbons (Fsp3) is 0.316. The molecular weight excluding hydrogens is 307 g/mol. The first kappa shape index (κ1) is 16.5. The van der Waals surface area contributed by atoms with Crippen LogP contribution in [0.4, 0.5) is 10.1 Å². The average molecular weight is 328 g/mol. The Hall–Kier alpha value is -2.40. The van der Waals surface area contributed by atoms with Gasteiger partial charge in [-0.1, -0.05) is 24.3 Å². The molecule has 0 atom stereocenters. The summed E-state index contributed by atoms with van der Waals surface area (Å²) >= 11 is 0. The number of para-hydroxylation sites is 1. The van der Waals surface area contributed by atoms with E-state index >= 15 is 0 Å². The van der Waals surface area contributed by atoms with Gasteiger partial charge in [0, 0.05) is 32.7 Å². The van der Waals surface area contributed by atoms with E-state index < -0.39 is 0 Å². The van der Waals surface area contributed by atoms with Crippen LogP contribution in [0.3, 0.4) is 0 Å². The number of esters is 1. The molecule has 5 heteroatoms. The van der Waals surface area contributed by atoms with E-state index in [-0.39, 0.29) is 11.8 Å². The Morgan fingerprint density at radius 2 is 1.71 bits per heavy atom. The maximum atomic E-state index is 13.9. The summed E-state index contributed by atoms with van der Waals surface area (Å²) in [6, 6.07) is 14.4. The number of piperazine rings is 1. The minimum absolute atomic E-state index is 0.163. The summed E-state index contributed by atoms with van der Waals surface area (Å²) in [5.74, 6) is -0.482. The Morgan fingerprint density at radius 1 is 1.04 bits per heavy atom. The molecule has 1 heterocycles. The second-order valence-electron chi connectivity index (χ2n) is 5.90. The third-order valence-electron chi connectivity index (χ3n) is 4.35. The number of hydrogen-bond donors (Lipinski definition) is 0. The first-order valence-electron chi connectivity index (χ1n) is 8.06. The van der Waals surface area contributed by atoms with Gasteiger partial charge in [0.2, 0.25) is 0 Å². The fourth-order valence-corrected chi connectivity index (χ4v) is 2.98. The van der Waals surface area contributed by atoms with Crippen LogP contribution in [-0.4, -0.2) is 44.2 Å². The van der Waals surface area contributed by atoms with Gasteiger partial charge in [-0.25, -0.2) is 9.18 Å². The van der Waals surface area contributed by atoms with Crippen molar-refractivity contribution < 1.29 is 13.9 Å². The fourth-order valence-electron chi connectivity index (χ4n) is 2.98. The highest BCUT2D eigenvalue weighted by molar-refractivity contribution is 5.89. The van der Waals surface area contributed by atoms with Crippen LogP contribution in [0.25, 0.3) is 0 Å². The van der Waals surface area contributed by atoms with Gasteiger partial charge in [-0.3, -0.25) is 4.90 Å². The number of ether oxygens (including phenoxy) is 1. The number of hydrogen-bond acceptors (Lipinski definition) is 4. The normalized spacial score (nSPS) is 15.3. The molecule has 0 bridgehead atoms. The van der Waals surface area contributed by atoms with Crippen LogP contribution in [0.1, 0.15) is 15.9 Å². The predicted molar refractivity (Wildman–Crippen MR) is 91.7 cm³/mol. The quantitative estimate of drug-likeness (QED) is 0.808. The maximum Gasteiger partial charge on any atom is 0.337 e. The van der Waals surface area contributed by atoms with E-state index in [2.05, 4.69) is 9.80 Å². The minimum Gasteiger partial charge on any atom is -0.465 e. The highest BCUT2D eigenvalue weighted by atomic mass is 19.1. The monoisotopic (exact) mass is 328 g/mol. The molecule has 4 nitrogen and oxygen atoms in total. The van der Waals surface area contributed by atoms with Crippen molar-refractivity contribution in [1.29, 1.82) is 0 Å². The molecule has 0 saturated carbocycles.